The molecule has 0 aromatic carbocycles. The molecule has 5 heteroatoms. The van der Waals surface area contributed by atoms with Gasteiger partial charge in [0.2, 0.25) is 5.91 Å². The first kappa shape index (κ1) is 15.4. The molecular weight excluding hydrogens is 232 g/mol. The molecular formula is C13H26N2O3. The minimum Gasteiger partial charge on any atom is -0.378 e. The Morgan fingerprint density at radius 1 is 1.50 bits per heavy atom. The molecule has 3 N–H and O–H groups in total. The van der Waals surface area contributed by atoms with Crippen LogP contribution in [0.3, 0.4) is 0 Å². The third-order valence-electron chi connectivity index (χ3n) is 3.99. The maximum Gasteiger partial charge on any atom is 0.243 e. The predicted molar refractivity (Wildman–Crippen MR) is 70.2 cm³/mol. The Morgan fingerprint density at radius 3 is 2.78 bits per heavy atom. The van der Waals surface area contributed by atoms with E-state index in [0.29, 0.717) is 18.8 Å². The molecule has 1 rings (SSSR count). The van der Waals surface area contributed by atoms with Crippen LogP contribution in [0.2, 0.25) is 0 Å². The highest BCUT2D eigenvalue weighted by molar-refractivity contribution is 5.74. The predicted octanol–water partition coefficient (Wildman–Crippen LogP) is 0.672. The maximum atomic E-state index is 10.5. The quantitative estimate of drug-likeness (QED) is 0.596. The summed E-state index contributed by atoms with van der Waals surface area (Å²) in [5.74, 6) is -0.423. The molecule has 1 fully saturated rings. The van der Waals surface area contributed by atoms with Crippen molar-refractivity contribution in [1.82, 2.24) is 5.32 Å². The van der Waals surface area contributed by atoms with E-state index in [9.17, 15) is 4.79 Å². The smallest absolute Gasteiger partial charge is 0.243 e. The molecule has 0 spiro atoms. The average molecular weight is 258 g/mol. The lowest BCUT2D eigenvalue weighted by Gasteiger charge is -2.53. The number of nitrogens with two attached hydrogens (primary N) is 1. The minimum atomic E-state index is -0.423. The zero-order valence-corrected chi connectivity index (χ0v) is 11.7. The lowest BCUT2D eigenvalue weighted by Crippen LogP contribution is -2.62. The van der Waals surface area contributed by atoms with Crippen LogP contribution in [0.4, 0.5) is 0 Å². The summed E-state index contributed by atoms with van der Waals surface area (Å²) in [4.78, 5) is 10.5. The SMILES string of the molecule is CCOC1CC(NCCOCC(N)=O)C1(C)CC. The highest BCUT2D eigenvalue weighted by Crippen LogP contribution is 2.45. The van der Waals surface area contributed by atoms with Crippen LogP contribution in [0.5, 0.6) is 0 Å². The molecule has 1 saturated carbocycles. The van der Waals surface area contributed by atoms with Gasteiger partial charge in [0, 0.05) is 24.6 Å². The van der Waals surface area contributed by atoms with Gasteiger partial charge in [0.05, 0.1) is 12.7 Å². The van der Waals surface area contributed by atoms with Gasteiger partial charge in [-0.3, -0.25) is 4.79 Å². The third kappa shape index (κ3) is 3.67. The Labute approximate surface area is 109 Å². The molecule has 1 aliphatic rings. The number of amides is 1. The Bertz CT molecular complexity index is 273. The standard InChI is InChI=1S/C13H26N2O3/c1-4-13(3)10(8-11(13)18-5-2)15-6-7-17-9-12(14)16/h10-11,15H,4-9H2,1-3H3,(H2,14,16). The van der Waals surface area contributed by atoms with E-state index in [1.807, 2.05) is 6.92 Å². The largest absolute Gasteiger partial charge is 0.378 e. The van der Waals surface area contributed by atoms with Gasteiger partial charge in [0.1, 0.15) is 6.61 Å². The van der Waals surface area contributed by atoms with Crippen molar-refractivity contribution in [3.05, 3.63) is 0 Å². The number of hydrogen-bond acceptors (Lipinski definition) is 4. The second kappa shape index (κ2) is 7.07. The third-order valence-corrected chi connectivity index (χ3v) is 3.99. The van der Waals surface area contributed by atoms with E-state index >= 15 is 0 Å². The second-order valence-electron chi connectivity index (χ2n) is 5.06. The summed E-state index contributed by atoms with van der Waals surface area (Å²) in [6.45, 7) is 8.52. The van der Waals surface area contributed by atoms with Crippen molar-refractivity contribution in [2.75, 3.05) is 26.4 Å². The Morgan fingerprint density at radius 2 is 2.22 bits per heavy atom. The van der Waals surface area contributed by atoms with Crippen LogP contribution < -0.4 is 11.1 Å². The zero-order valence-electron chi connectivity index (χ0n) is 11.7. The fourth-order valence-corrected chi connectivity index (χ4v) is 2.54. The molecule has 0 aliphatic heterocycles. The van der Waals surface area contributed by atoms with Gasteiger partial charge in [-0.25, -0.2) is 0 Å². The Balaban J connectivity index is 2.21. The number of primary amides is 1. The van der Waals surface area contributed by atoms with Gasteiger partial charge in [0.25, 0.3) is 0 Å². The normalized spacial score (nSPS) is 31.1. The Hall–Kier alpha value is -0.650. The van der Waals surface area contributed by atoms with E-state index in [0.717, 1.165) is 26.0 Å². The number of carbonyl (C=O) groups excluding carboxylic acids is 1. The summed E-state index contributed by atoms with van der Waals surface area (Å²) in [7, 11) is 0. The van der Waals surface area contributed by atoms with Gasteiger partial charge in [-0.05, 0) is 19.8 Å². The van der Waals surface area contributed by atoms with Crippen LogP contribution in [0.15, 0.2) is 0 Å². The van der Waals surface area contributed by atoms with E-state index in [2.05, 4.69) is 19.2 Å². The summed E-state index contributed by atoms with van der Waals surface area (Å²) < 4.78 is 10.9. The van der Waals surface area contributed by atoms with Crippen molar-refractivity contribution >= 4 is 5.91 Å². The molecule has 106 valence electrons. The van der Waals surface area contributed by atoms with Crippen LogP contribution in [0, 0.1) is 5.41 Å². The number of ether oxygens (including phenoxy) is 2. The second-order valence-corrected chi connectivity index (χ2v) is 5.06. The number of nitrogens with one attached hydrogen (secondary N) is 1. The lowest BCUT2D eigenvalue weighted by molar-refractivity contribution is -0.127. The van der Waals surface area contributed by atoms with E-state index in [4.69, 9.17) is 15.2 Å². The van der Waals surface area contributed by atoms with Crippen molar-refractivity contribution in [2.24, 2.45) is 11.1 Å². The maximum absolute atomic E-state index is 10.5. The average Bonchev–Trinajstić information content (AvgIpc) is 2.34. The van der Waals surface area contributed by atoms with Crippen molar-refractivity contribution in [3.63, 3.8) is 0 Å². The highest BCUT2D eigenvalue weighted by atomic mass is 16.5. The molecule has 0 aromatic heterocycles. The Kier molecular flexibility index (Phi) is 6.05. The molecule has 18 heavy (non-hydrogen) atoms. The molecule has 1 aliphatic carbocycles. The molecule has 3 unspecified atom stereocenters. The molecule has 3 atom stereocenters. The number of carbonyl (C=O) groups is 1. The molecule has 0 radical (unpaired) electrons. The van der Waals surface area contributed by atoms with E-state index < -0.39 is 5.91 Å². The monoisotopic (exact) mass is 258 g/mol. The summed E-state index contributed by atoms with van der Waals surface area (Å²) in [6, 6.07) is 0.469. The summed E-state index contributed by atoms with van der Waals surface area (Å²) >= 11 is 0. The van der Waals surface area contributed by atoms with Gasteiger partial charge in [-0.2, -0.15) is 0 Å². The van der Waals surface area contributed by atoms with Gasteiger partial charge >= 0.3 is 0 Å². The summed E-state index contributed by atoms with van der Waals surface area (Å²) in [5, 5.41) is 3.47. The molecule has 0 saturated heterocycles. The van der Waals surface area contributed by atoms with Crippen molar-refractivity contribution < 1.29 is 14.3 Å². The van der Waals surface area contributed by atoms with Crippen molar-refractivity contribution in [3.8, 4) is 0 Å². The van der Waals surface area contributed by atoms with Gasteiger partial charge < -0.3 is 20.5 Å². The molecule has 1 amide bonds. The van der Waals surface area contributed by atoms with E-state index in [1.54, 1.807) is 0 Å². The first-order valence-corrected chi connectivity index (χ1v) is 6.75. The van der Waals surface area contributed by atoms with Crippen LogP contribution in [-0.4, -0.2) is 44.4 Å². The molecule has 0 heterocycles. The minimum absolute atomic E-state index is 0.00103. The van der Waals surface area contributed by atoms with Crippen molar-refractivity contribution in [1.29, 1.82) is 0 Å². The molecule has 0 bridgehead atoms. The molecule has 5 nitrogen and oxygen atoms in total. The topological polar surface area (TPSA) is 73.6 Å². The summed E-state index contributed by atoms with van der Waals surface area (Å²) in [5.41, 5.74) is 5.20. The van der Waals surface area contributed by atoms with E-state index in [-0.39, 0.29) is 12.0 Å². The van der Waals surface area contributed by atoms with Crippen molar-refractivity contribution in [2.45, 2.75) is 45.8 Å². The molecule has 0 aromatic rings. The van der Waals surface area contributed by atoms with Crippen LogP contribution in [0.1, 0.15) is 33.6 Å². The lowest BCUT2D eigenvalue weighted by atomic mass is 9.61. The fourth-order valence-electron chi connectivity index (χ4n) is 2.54. The van der Waals surface area contributed by atoms with Gasteiger partial charge in [-0.15, -0.1) is 0 Å². The van der Waals surface area contributed by atoms with Crippen LogP contribution in [0.25, 0.3) is 0 Å². The van der Waals surface area contributed by atoms with Crippen LogP contribution in [-0.2, 0) is 14.3 Å². The zero-order chi connectivity index (χ0) is 13.6. The highest BCUT2D eigenvalue weighted by Gasteiger charge is 2.50. The van der Waals surface area contributed by atoms with Gasteiger partial charge in [-0.1, -0.05) is 13.8 Å². The first-order valence-electron chi connectivity index (χ1n) is 6.75. The van der Waals surface area contributed by atoms with Gasteiger partial charge in [0.15, 0.2) is 0 Å². The van der Waals surface area contributed by atoms with Crippen LogP contribution >= 0.6 is 0 Å². The number of hydrogen-bond donors (Lipinski definition) is 2. The first-order chi connectivity index (χ1) is 8.54. The number of rotatable bonds is 9. The fraction of sp³-hybridized carbons (Fsp3) is 0.923. The summed E-state index contributed by atoms with van der Waals surface area (Å²) in [6.07, 6.45) is 2.50. The van der Waals surface area contributed by atoms with E-state index in [1.165, 1.54) is 0 Å².